The van der Waals surface area contributed by atoms with Crippen molar-refractivity contribution >= 4 is 12.2 Å². The molecule has 1 aromatic heterocycles. The average Bonchev–Trinajstić information content (AvgIpc) is 2.66. The molecule has 1 unspecified atom stereocenters. The molecule has 0 saturated carbocycles. The van der Waals surface area contributed by atoms with Crippen LogP contribution in [0, 0.1) is 4.77 Å². The highest BCUT2D eigenvalue weighted by Gasteiger charge is 2.14. The number of unbranched alkanes of at least 4 members (excludes halogenated alkanes) is 3. The maximum Gasteiger partial charge on any atom is 0.195 e. The number of nitrogens with zero attached hydrogens (tertiary/aromatic N) is 2. The highest BCUT2D eigenvalue weighted by atomic mass is 32.1. The van der Waals surface area contributed by atoms with Gasteiger partial charge in [-0.1, -0.05) is 46.5 Å². The van der Waals surface area contributed by atoms with Crippen LogP contribution in [0.2, 0.25) is 0 Å². The molecule has 0 aliphatic heterocycles. The summed E-state index contributed by atoms with van der Waals surface area (Å²) in [5.74, 6) is 1.50. The minimum absolute atomic E-state index is 0.418. The van der Waals surface area contributed by atoms with Crippen LogP contribution in [0.5, 0.6) is 0 Å². The number of hydrogen-bond acceptors (Lipinski definition) is 2. The monoisotopic (exact) mass is 255 g/mol. The van der Waals surface area contributed by atoms with Crippen LogP contribution < -0.4 is 0 Å². The molecule has 0 aliphatic rings. The van der Waals surface area contributed by atoms with E-state index in [4.69, 9.17) is 12.2 Å². The Bertz CT molecular complexity index is 378. The summed E-state index contributed by atoms with van der Waals surface area (Å²) in [6.07, 6.45) is 6.41. The van der Waals surface area contributed by atoms with Gasteiger partial charge in [0, 0.05) is 12.0 Å². The minimum Gasteiger partial charge on any atom is -0.301 e. The molecule has 17 heavy (non-hydrogen) atoms. The number of hydrogen-bond donors (Lipinski definition) is 1. The van der Waals surface area contributed by atoms with Crippen LogP contribution >= 0.6 is 12.2 Å². The Morgan fingerprint density at radius 1 is 1.24 bits per heavy atom. The van der Waals surface area contributed by atoms with Crippen LogP contribution in [-0.4, -0.2) is 14.8 Å². The van der Waals surface area contributed by atoms with E-state index in [0.717, 1.165) is 10.6 Å². The second-order valence-corrected chi connectivity index (χ2v) is 5.50. The van der Waals surface area contributed by atoms with E-state index in [0.29, 0.717) is 12.0 Å². The molecule has 0 spiro atoms. The Labute approximate surface area is 110 Å². The van der Waals surface area contributed by atoms with Crippen LogP contribution in [0.4, 0.5) is 0 Å². The van der Waals surface area contributed by atoms with Crippen molar-refractivity contribution in [1.29, 1.82) is 0 Å². The number of nitrogens with one attached hydrogen (secondary N) is 1. The SMILES string of the molecule is CCCCCCC(C)n1c(C(C)C)n[nH]c1=S. The lowest BCUT2D eigenvalue weighted by Crippen LogP contribution is -2.11. The van der Waals surface area contributed by atoms with Gasteiger partial charge in [-0.15, -0.1) is 0 Å². The van der Waals surface area contributed by atoms with Crippen LogP contribution in [0.3, 0.4) is 0 Å². The van der Waals surface area contributed by atoms with Crippen LogP contribution in [-0.2, 0) is 0 Å². The zero-order valence-electron chi connectivity index (χ0n) is 11.5. The lowest BCUT2D eigenvalue weighted by Gasteiger charge is -2.17. The van der Waals surface area contributed by atoms with Crippen molar-refractivity contribution in [1.82, 2.24) is 14.8 Å². The third kappa shape index (κ3) is 3.95. The topological polar surface area (TPSA) is 33.6 Å². The molecule has 1 rings (SSSR count). The lowest BCUT2D eigenvalue weighted by molar-refractivity contribution is 0.448. The van der Waals surface area contributed by atoms with Crippen molar-refractivity contribution in [2.45, 2.75) is 71.8 Å². The van der Waals surface area contributed by atoms with E-state index >= 15 is 0 Å². The summed E-state index contributed by atoms with van der Waals surface area (Å²) >= 11 is 5.31. The standard InChI is InChI=1S/C13H25N3S/c1-5-6-7-8-9-11(4)16-12(10(2)3)14-15-13(16)17/h10-11H,5-9H2,1-4H3,(H,15,17). The molecule has 0 saturated heterocycles. The van der Waals surface area contributed by atoms with E-state index in [1.165, 1.54) is 32.1 Å². The largest absolute Gasteiger partial charge is 0.301 e. The highest BCUT2D eigenvalue weighted by molar-refractivity contribution is 7.71. The normalized spacial score (nSPS) is 13.2. The molecule has 1 atom stereocenters. The third-order valence-electron chi connectivity index (χ3n) is 3.16. The maximum absolute atomic E-state index is 5.31. The fourth-order valence-corrected chi connectivity index (χ4v) is 2.46. The molecular weight excluding hydrogens is 230 g/mol. The van der Waals surface area contributed by atoms with Gasteiger partial charge < -0.3 is 4.57 Å². The quantitative estimate of drug-likeness (QED) is 0.571. The zero-order valence-corrected chi connectivity index (χ0v) is 12.3. The highest BCUT2D eigenvalue weighted by Crippen LogP contribution is 2.21. The first kappa shape index (κ1) is 14.4. The van der Waals surface area contributed by atoms with Crippen LogP contribution in [0.15, 0.2) is 0 Å². The van der Waals surface area contributed by atoms with Gasteiger partial charge in [0.05, 0.1) is 0 Å². The molecule has 0 aromatic carbocycles. The Morgan fingerprint density at radius 3 is 2.53 bits per heavy atom. The van der Waals surface area contributed by atoms with E-state index in [1.54, 1.807) is 0 Å². The molecule has 0 bridgehead atoms. The van der Waals surface area contributed by atoms with Gasteiger partial charge in [-0.25, -0.2) is 0 Å². The van der Waals surface area contributed by atoms with Crippen molar-refractivity contribution in [3.05, 3.63) is 10.6 Å². The summed E-state index contributed by atoms with van der Waals surface area (Å²) in [7, 11) is 0. The first-order valence-corrected chi connectivity index (χ1v) is 7.15. The van der Waals surface area contributed by atoms with Gasteiger partial charge in [0.1, 0.15) is 5.82 Å². The third-order valence-corrected chi connectivity index (χ3v) is 3.45. The van der Waals surface area contributed by atoms with Gasteiger partial charge in [-0.05, 0) is 25.6 Å². The van der Waals surface area contributed by atoms with Crippen LogP contribution in [0.25, 0.3) is 0 Å². The summed E-state index contributed by atoms with van der Waals surface area (Å²) in [6, 6.07) is 0.454. The maximum atomic E-state index is 5.31. The summed E-state index contributed by atoms with van der Waals surface area (Å²) in [5.41, 5.74) is 0. The zero-order chi connectivity index (χ0) is 12.8. The van der Waals surface area contributed by atoms with Gasteiger partial charge in [0.25, 0.3) is 0 Å². The first-order chi connectivity index (χ1) is 8.07. The number of rotatable bonds is 7. The molecule has 0 aliphatic carbocycles. The van der Waals surface area contributed by atoms with Gasteiger partial charge in [0.15, 0.2) is 4.77 Å². The van der Waals surface area contributed by atoms with E-state index in [9.17, 15) is 0 Å². The van der Waals surface area contributed by atoms with Crippen molar-refractivity contribution in [3.63, 3.8) is 0 Å². The van der Waals surface area contributed by atoms with Gasteiger partial charge in [-0.3, -0.25) is 5.10 Å². The predicted molar refractivity (Wildman–Crippen MR) is 75.0 cm³/mol. The molecular formula is C13H25N3S. The fourth-order valence-electron chi connectivity index (χ4n) is 2.15. The Balaban J connectivity index is 2.64. The molecule has 1 N–H and O–H groups in total. The summed E-state index contributed by atoms with van der Waals surface area (Å²) in [4.78, 5) is 0. The molecule has 0 radical (unpaired) electrons. The van der Waals surface area contributed by atoms with E-state index < -0.39 is 0 Å². The minimum atomic E-state index is 0.418. The molecule has 0 amide bonds. The molecule has 98 valence electrons. The summed E-state index contributed by atoms with van der Waals surface area (Å²) in [6.45, 7) is 8.80. The fraction of sp³-hybridized carbons (Fsp3) is 0.846. The first-order valence-electron chi connectivity index (χ1n) is 6.74. The molecule has 3 nitrogen and oxygen atoms in total. The van der Waals surface area contributed by atoms with Crippen molar-refractivity contribution in [2.75, 3.05) is 0 Å². The summed E-state index contributed by atoms with van der Waals surface area (Å²) < 4.78 is 2.95. The van der Waals surface area contributed by atoms with Crippen molar-refractivity contribution in [3.8, 4) is 0 Å². The van der Waals surface area contributed by atoms with Gasteiger partial charge in [0.2, 0.25) is 0 Å². The predicted octanol–water partition coefficient (Wildman–Crippen LogP) is 4.60. The van der Waals surface area contributed by atoms with E-state index in [-0.39, 0.29) is 0 Å². The summed E-state index contributed by atoms with van der Waals surface area (Å²) in [5, 5.41) is 7.24. The Kier molecular flexibility index (Phi) is 5.89. The van der Waals surface area contributed by atoms with Crippen LogP contribution in [0.1, 0.15) is 77.6 Å². The van der Waals surface area contributed by atoms with Crippen molar-refractivity contribution < 1.29 is 0 Å². The van der Waals surface area contributed by atoms with E-state index in [2.05, 4.69) is 42.5 Å². The number of aromatic nitrogens is 3. The smallest absolute Gasteiger partial charge is 0.195 e. The molecule has 1 heterocycles. The van der Waals surface area contributed by atoms with Gasteiger partial charge in [-0.2, -0.15) is 5.10 Å². The lowest BCUT2D eigenvalue weighted by atomic mass is 10.1. The second kappa shape index (κ2) is 6.94. The second-order valence-electron chi connectivity index (χ2n) is 5.11. The molecule has 4 heteroatoms. The Morgan fingerprint density at radius 2 is 1.94 bits per heavy atom. The number of aromatic amines is 1. The van der Waals surface area contributed by atoms with Gasteiger partial charge >= 0.3 is 0 Å². The Hall–Kier alpha value is -0.640. The average molecular weight is 255 g/mol. The van der Waals surface area contributed by atoms with Crippen molar-refractivity contribution in [2.24, 2.45) is 0 Å². The number of H-pyrrole nitrogens is 1. The molecule has 1 aromatic rings. The molecule has 0 fully saturated rings. The van der Waals surface area contributed by atoms with E-state index in [1.807, 2.05) is 0 Å².